The van der Waals surface area contributed by atoms with Crippen molar-refractivity contribution in [1.82, 2.24) is 4.98 Å². The van der Waals surface area contributed by atoms with Crippen molar-refractivity contribution in [2.24, 2.45) is 5.92 Å². The number of hydrogen-bond acceptors (Lipinski definition) is 1. The molecular weight excluding hydrogens is 302 g/mol. The van der Waals surface area contributed by atoms with Gasteiger partial charge in [0.05, 0.1) is 0 Å². The fraction of sp³-hybridized carbons (Fsp3) is 0.381. The molecule has 0 aliphatic heterocycles. The van der Waals surface area contributed by atoms with Crippen LogP contribution in [0.2, 0.25) is 5.15 Å². The van der Waals surface area contributed by atoms with E-state index in [1.807, 2.05) is 6.07 Å². The maximum absolute atomic E-state index is 5.79. The number of nitrogens with zero attached hydrogens (tertiary/aromatic N) is 1. The van der Waals surface area contributed by atoms with Gasteiger partial charge < -0.3 is 0 Å². The molecule has 1 saturated carbocycles. The van der Waals surface area contributed by atoms with E-state index in [1.165, 1.54) is 36.8 Å². The van der Waals surface area contributed by atoms with Crippen LogP contribution in [0.15, 0.2) is 42.6 Å². The summed E-state index contributed by atoms with van der Waals surface area (Å²) in [5, 5.41) is 0.519. The Kier molecular flexibility index (Phi) is 5.36. The molecule has 1 aliphatic carbocycles. The summed E-state index contributed by atoms with van der Waals surface area (Å²) >= 11 is 5.79. The summed E-state index contributed by atoms with van der Waals surface area (Å²) < 4.78 is 0. The van der Waals surface area contributed by atoms with E-state index < -0.39 is 0 Å². The Morgan fingerprint density at radius 2 is 1.78 bits per heavy atom. The van der Waals surface area contributed by atoms with Gasteiger partial charge in [0.25, 0.3) is 0 Å². The van der Waals surface area contributed by atoms with Crippen LogP contribution in [0.5, 0.6) is 0 Å². The lowest BCUT2D eigenvalue weighted by Crippen LogP contribution is -2.12. The van der Waals surface area contributed by atoms with Crippen LogP contribution in [0.1, 0.15) is 55.2 Å². The quantitative estimate of drug-likeness (QED) is 0.516. The minimum absolute atomic E-state index is 0.511. The number of rotatable bonds is 2. The molecule has 1 fully saturated rings. The summed E-state index contributed by atoms with van der Waals surface area (Å²) in [6.45, 7) is 2.20. The first-order valence-corrected chi connectivity index (χ1v) is 8.84. The zero-order chi connectivity index (χ0) is 16.1. The van der Waals surface area contributed by atoms with Crippen LogP contribution in [0.25, 0.3) is 0 Å². The summed E-state index contributed by atoms with van der Waals surface area (Å²) in [4.78, 5) is 4.07. The van der Waals surface area contributed by atoms with E-state index >= 15 is 0 Å². The number of pyridine rings is 1. The monoisotopic (exact) mass is 323 g/mol. The molecule has 0 radical (unpaired) electrons. The second-order valence-corrected chi connectivity index (χ2v) is 6.67. The van der Waals surface area contributed by atoms with Crippen LogP contribution in [0.4, 0.5) is 0 Å². The normalized spacial score (nSPS) is 20.6. The molecule has 0 saturated heterocycles. The molecule has 2 heteroatoms. The molecule has 2 aromatic rings. The van der Waals surface area contributed by atoms with E-state index in [4.69, 9.17) is 11.6 Å². The van der Waals surface area contributed by atoms with E-state index in [2.05, 4.69) is 48.0 Å². The first-order chi connectivity index (χ1) is 11.2. The second-order valence-electron chi connectivity index (χ2n) is 6.28. The first-order valence-electron chi connectivity index (χ1n) is 8.46. The number of benzene rings is 1. The Hall–Kier alpha value is -1.78. The largest absolute Gasteiger partial charge is 0.243 e. The smallest absolute Gasteiger partial charge is 0.129 e. The average molecular weight is 324 g/mol. The van der Waals surface area contributed by atoms with Crippen molar-refractivity contribution in [3.63, 3.8) is 0 Å². The van der Waals surface area contributed by atoms with E-state index in [9.17, 15) is 0 Å². The molecule has 0 spiro atoms. The third kappa shape index (κ3) is 4.36. The predicted octanol–water partition coefficient (Wildman–Crippen LogP) is 5.62. The number of aromatic nitrogens is 1. The average Bonchev–Trinajstić information content (AvgIpc) is 2.62. The fourth-order valence-corrected chi connectivity index (χ4v) is 3.34. The van der Waals surface area contributed by atoms with Gasteiger partial charge in [-0.15, -0.1) is 0 Å². The number of hydrogen-bond donors (Lipinski definition) is 0. The van der Waals surface area contributed by atoms with Crippen LogP contribution in [-0.2, 0) is 6.42 Å². The van der Waals surface area contributed by atoms with Crippen molar-refractivity contribution in [2.75, 3.05) is 0 Å². The minimum atomic E-state index is 0.511. The molecule has 0 unspecified atom stereocenters. The van der Waals surface area contributed by atoms with Crippen molar-refractivity contribution < 1.29 is 0 Å². The Labute approximate surface area is 144 Å². The summed E-state index contributed by atoms with van der Waals surface area (Å²) in [5.74, 6) is 7.87. The molecule has 1 aromatic heterocycles. The maximum Gasteiger partial charge on any atom is 0.129 e. The van der Waals surface area contributed by atoms with Gasteiger partial charge in [0, 0.05) is 17.7 Å². The first kappa shape index (κ1) is 16.1. The van der Waals surface area contributed by atoms with Crippen LogP contribution in [0, 0.1) is 17.8 Å². The lowest BCUT2D eigenvalue weighted by Gasteiger charge is -2.26. The van der Waals surface area contributed by atoms with Crippen LogP contribution < -0.4 is 0 Å². The third-order valence-electron chi connectivity index (χ3n) is 4.73. The Morgan fingerprint density at radius 3 is 2.39 bits per heavy atom. The Balaban J connectivity index is 1.57. The zero-order valence-electron chi connectivity index (χ0n) is 13.6. The Morgan fingerprint density at radius 1 is 1.04 bits per heavy atom. The molecule has 0 amide bonds. The molecule has 1 aliphatic rings. The van der Waals surface area contributed by atoms with Crippen LogP contribution in [-0.4, -0.2) is 4.98 Å². The highest BCUT2D eigenvalue weighted by molar-refractivity contribution is 6.29. The summed E-state index contributed by atoms with van der Waals surface area (Å²) in [5.41, 5.74) is 3.87. The maximum atomic E-state index is 5.79. The predicted molar refractivity (Wildman–Crippen MR) is 96.6 cm³/mol. The number of halogens is 1. The summed E-state index contributed by atoms with van der Waals surface area (Å²) in [6, 6.07) is 12.9. The molecular formula is C21H22ClN. The molecule has 118 valence electrons. The van der Waals surface area contributed by atoms with Crippen molar-refractivity contribution >= 4 is 11.6 Å². The highest BCUT2D eigenvalue weighted by Crippen LogP contribution is 2.35. The van der Waals surface area contributed by atoms with E-state index in [0.29, 0.717) is 17.0 Å². The molecule has 1 nitrogen and oxygen atoms in total. The lowest BCUT2D eigenvalue weighted by atomic mass is 9.79. The zero-order valence-corrected chi connectivity index (χ0v) is 14.3. The van der Waals surface area contributed by atoms with Crippen molar-refractivity contribution in [3.8, 4) is 11.8 Å². The topological polar surface area (TPSA) is 12.9 Å². The Bertz CT molecular complexity index is 683. The molecule has 1 heterocycles. The highest BCUT2D eigenvalue weighted by atomic mass is 35.5. The molecule has 23 heavy (non-hydrogen) atoms. The second kappa shape index (κ2) is 7.66. The number of aryl methyl sites for hydroxylation is 1. The van der Waals surface area contributed by atoms with E-state index in [0.717, 1.165) is 12.0 Å². The van der Waals surface area contributed by atoms with E-state index in [-0.39, 0.29) is 0 Å². The van der Waals surface area contributed by atoms with Gasteiger partial charge in [0.1, 0.15) is 5.15 Å². The minimum Gasteiger partial charge on any atom is -0.243 e. The fourth-order valence-electron chi connectivity index (χ4n) is 3.23. The van der Waals surface area contributed by atoms with Crippen molar-refractivity contribution in [3.05, 3.63) is 64.4 Å². The van der Waals surface area contributed by atoms with Gasteiger partial charge in [-0.3, -0.25) is 0 Å². The van der Waals surface area contributed by atoms with Gasteiger partial charge in [0.2, 0.25) is 0 Å². The lowest BCUT2D eigenvalue weighted by molar-refractivity contribution is 0.384. The standard InChI is InChI=1S/C21H22ClN/c1-2-16-5-10-19(11-6-16)20-12-7-17(8-13-20)3-4-18-9-14-21(22)23-15-18/h5-6,9-11,14-15,17,20H,2,7-8,12-13H2,1H3/t17-,20-. The summed E-state index contributed by atoms with van der Waals surface area (Å²) in [6.07, 6.45) is 7.72. The van der Waals surface area contributed by atoms with Gasteiger partial charge in [-0.1, -0.05) is 54.6 Å². The van der Waals surface area contributed by atoms with Gasteiger partial charge in [-0.2, -0.15) is 0 Å². The summed E-state index contributed by atoms with van der Waals surface area (Å²) in [7, 11) is 0. The van der Waals surface area contributed by atoms with Gasteiger partial charge in [0.15, 0.2) is 0 Å². The van der Waals surface area contributed by atoms with Crippen LogP contribution >= 0.6 is 11.6 Å². The molecule has 3 rings (SSSR count). The van der Waals surface area contributed by atoms with Gasteiger partial charge >= 0.3 is 0 Å². The molecule has 1 aromatic carbocycles. The molecule has 0 N–H and O–H groups in total. The van der Waals surface area contributed by atoms with Gasteiger partial charge in [-0.05, 0) is 61.3 Å². The third-order valence-corrected chi connectivity index (χ3v) is 4.96. The van der Waals surface area contributed by atoms with Crippen LogP contribution in [0.3, 0.4) is 0 Å². The molecule has 0 atom stereocenters. The van der Waals surface area contributed by atoms with Gasteiger partial charge in [-0.25, -0.2) is 4.98 Å². The van der Waals surface area contributed by atoms with Crippen molar-refractivity contribution in [2.45, 2.75) is 44.9 Å². The molecule has 0 bridgehead atoms. The SMILES string of the molecule is CCc1ccc([C@H]2CC[C@H](C#Cc3ccc(Cl)nc3)CC2)cc1. The highest BCUT2D eigenvalue weighted by Gasteiger charge is 2.21. The van der Waals surface area contributed by atoms with Crippen molar-refractivity contribution in [1.29, 1.82) is 0 Å². The van der Waals surface area contributed by atoms with E-state index in [1.54, 1.807) is 12.3 Å².